The lowest BCUT2D eigenvalue weighted by Gasteiger charge is -2.30. The van der Waals surface area contributed by atoms with E-state index in [1.54, 1.807) is 19.5 Å². The second-order valence-corrected chi connectivity index (χ2v) is 10.7. The number of pyridine rings is 3. The average molecular weight is 565 g/mol. The first-order valence-corrected chi connectivity index (χ1v) is 14.1. The van der Waals surface area contributed by atoms with Gasteiger partial charge in [-0.3, -0.25) is 9.97 Å². The van der Waals surface area contributed by atoms with Gasteiger partial charge in [-0.2, -0.15) is 0 Å². The smallest absolute Gasteiger partial charge is 0.219 e. The molecule has 6 rings (SSSR count). The first-order valence-electron chi connectivity index (χ1n) is 14.1. The van der Waals surface area contributed by atoms with Crippen LogP contribution in [-0.2, 0) is 5.41 Å². The van der Waals surface area contributed by atoms with Gasteiger partial charge in [0.15, 0.2) is 0 Å². The summed E-state index contributed by atoms with van der Waals surface area (Å²) in [5.74, 6) is 1.97. The normalized spacial score (nSPS) is 11.1. The molecule has 0 fully saturated rings. The molecule has 0 amide bonds. The quantitative estimate of drug-likeness (QED) is 0.175. The molecule has 0 spiro atoms. The number of aromatic nitrogens is 3. The SMILES string of the molecule is COc1ccnc(-c2cncc(C(C)(C)c3cc(Oc4ccccn4)cc(N(c4ccccc4)c4ccccc4)c3)c2)c1. The van der Waals surface area contributed by atoms with Gasteiger partial charge >= 0.3 is 0 Å². The molecule has 0 bridgehead atoms. The highest BCUT2D eigenvalue weighted by atomic mass is 16.5. The monoisotopic (exact) mass is 564 g/mol. The maximum atomic E-state index is 6.35. The molecule has 0 radical (unpaired) electrons. The first kappa shape index (κ1) is 27.7. The summed E-state index contributed by atoms with van der Waals surface area (Å²) in [7, 11) is 1.66. The lowest BCUT2D eigenvalue weighted by atomic mass is 9.78. The van der Waals surface area contributed by atoms with Gasteiger partial charge in [-0.15, -0.1) is 0 Å². The van der Waals surface area contributed by atoms with E-state index in [0.29, 0.717) is 11.6 Å². The molecule has 6 aromatic rings. The Morgan fingerprint density at radius 3 is 2.00 bits per heavy atom. The van der Waals surface area contributed by atoms with Crippen molar-refractivity contribution in [3.05, 3.63) is 151 Å². The zero-order valence-corrected chi connectivity index (χ0v) is 24.4. The van der Waals surface area contributed by atoms with Crippen LogP contribution in [0, 0.1) is 0 Å². The summed E-state index contributed by atoms with van der Waals surface area (Å²) in [6, 6.07) is 38.6. The summed E-state index contributed by atoms with van der Waals surface area (Å²) in [6.45, 7) is 4.40. The fourth-order valence-electron chi connectivity index (χ4n) is 5.05. The van der Waals surface area contributed by atoms with Crippen molar-refractivity contribution in [1.29, 1.82) is 0 Å². The zero-order chi connectivity index (χ0) is 29.6. The number of nitrogens with zero attached hydrogens (tertiary/aromatic N) is 4. The number of hydrogen-bond acceptors (Lipinski definition) is 6. The summed E-state index contributed by atoms with van der Waals surface area (Å²) in [5, 5.41) is 0. The van der Waals surface area contributed by atoms with Crippen LogP contribution < -0.4 is 14.4 Å². The van der Waals surface area contributed by atoms with Crippen molar-refractivity contribution in [2.45, 2.75) is 19.3 Å². The predicted molar refractivity (Wildman–Crippen MR) is 172 cm³/mol. The fraction of sp³-hybridized carbons (Fsp3) is 0.108. The highest BCUT2D eigenvalue weighted by Gasteiger charge is 2.27. The van der Waals surface area contributed by atoms with Gasteiger partial charge in [0.05, 0.1) is 18.5 Å². The summed E-state index contributed by atoms with van der Waals surface area (Å²) >= 11 is 0. The summed E-state index contributed by atoms with van der Waals surface area (Å²) in [5.41, 5.74) is 6.43. The van der Waals surface area contributed by atoms with E-state index in [9.17, 15) is 0 Å². The zero-order valence-electron chi connectivity index (χ0n) is 24.4. The highest BCUT2D eigenvalue weighted by molar-refractivity contribution is 5.78. The van der Waals surface area contributed by atoms with Gasteiger partial charge in [0, 0.05) is 65.3 Å². The number of para-hydroxylation sites is 2. The number of rotatable bonds is 9. The Hall–Kier alpha value is -5.49. The van der Waals surface area contributed by atoms with Crippen LogP contribution in [0.25, 0.3) is 11.3 Å². The number of methoxy groups -OCH3 is 1. The lowest BCUT2D eigenvalue weighted by Crippen LogP contribution is -2.20. The number of anilines is 3. The lowest BCUT2D eigenvalue weighted by molar-refractivity contribution is 0.414. The Bertz CT molecular complexity index is 1770. The molecule has 3 aromatic carbocycles. The Balaban J connectivity index is 1.49. The third-order valence-electron chi connectivity index (χ3n) is 7.48. The van der Waals surface area contributed by atoms with Crippen molar-refractivity contribution in [3.8, 4) is 28.6 Å². The van der Waals surface area contributed by atoms with E-state index in [4.69, 9.17) is 9.47 Å². The molecule has 0 aliphatic heterocycles. The van der Waals surface area contributed by atoms with Crippen molar-refractivity contribution in [2.75, 3.05) is 12.0 Å². The number of ether oxygens (including phenoxy) is 2. The van der Waals surface area contributed by atoms with Crippen LogP contribution in [0.5, 0.6) is 17.4 Å². The van der Waals surface area contributed by atoms with Gasteiger partial charge in [0.25, 0.3) is 0 Å². The number of hydrogen-bond donors (Lipinski definition) is 0. The van der Waals surface area contributed by atoms with E-state index < -0.39 is 5.41 Å². The predicted octanol–water partition coefficient (Wildman–Crippen LogP) is 9.14. The largest absolute Gasteiger partial charge is 0.497 e. The van der Waals surface area contributed by atoms with Gasteiger partial charge in [-0.1, -0.05) is 56.3 Å². The van der Waals surface area contributed by atoms with Gasteiger partial charge in [0.2, 0.25) is 5.88 Å². The van der Waals surface area contributed by atoms with E-state index in [-0.39, 0.29) is 0 Å². The maximum Gasteiger partial charge on any atom is 0.219 e. The van der Waals surface area contributed by atoms with Gasteiger partial charge in [-0.05, 0) is 65.7 Å². The molecule has 0 unspecified atom stereocenters. The molecular formula is C37H32N4O2. The van der Waals surface area contributed by atoms with E-state index in [1.165, 1.54) is 0 Å². The molecule has 6 nitrogen and oxygen atoms in total. The van der Waals surface area contributed by atoms with Crippen LogP contribution in [0.3, 0.4) is 0 Å². The Kier molecular flexibility index (Phi) is 7.83. The van der Waals surface area contributed by atoms with Crippen molar-refractivity contribution in [1.82, 2.24) is 15.0 Å². The Morgan fingerprint density at radius 2 is 1.33 bits per heavy atom. The molecule has 0 saturated heterocycles. The number of benzene rings is 3. The van der Waals surface area contributed by atoms with Gasteiger partial charge in [-0.25, -0.2) is 4.98 Å². The average Bonchev–Trinajstić information content (AvgIpc) is 3.06. The van der Waals surface area contributed by atoms with Gasteiger partial charge in [0.1, 0.15) is 11.5 Å². The molecule has 43 heavy (non-hydrogen) atoms. The van der Waals surface area contributed by atoms with E-state index >= 15 is 0 Å². The van der Waals surface area contributed by atoms with Crippen LogP contribution in [0.2, 0.25) is 0 Å². The highest BCUT2D eigenvalue weighted by Crippen LogP contribution is 2.42. The summed E-state index contributed by atoms with van der Waals surface area (Å²) in [4.78, 5) is 15.8. The molecule has 3 aromatic heterocycles. The van der Waals surface area contributed by atoms with Crippen LogP contribution in [0.15, 0.2) is 140 Å². The van der Waals surface area contributed by atoms with Crippen molar-refractivity contribution < 1.29 is 9.47 Å². The van der Waals surface area contributed by atoms with E-state index in [2.05, 4.69) is 82.2 Å². The second-order valence-electron chi connectivity index (χ2n) is 10.7. The first-order chi connectivity index (χ1) is 21.0. The van der Waals surface area contributed by atoms with Crippen molar-refractivity contribution in [2.24, 2.45) is 0 Å². The molecule has 3 heterocycles. The van der Waals surface area contributed by atoms with Gasteiger partial charge < -0.3 is 14.4 Å². The molecule has 212 valence electrons. The molecule has 0 aliphatic carbocycles. The van der Waals surface area contributed by atoms with Crippen LogP contribution in [0.1, 0.15) is 25.0 Å². The minimum absolute atomic E-state index is 0.445. The molecule has 0 N–H and O–H groups in total. The fourth-order valence-corrected chi connectivity index (χ4v) is 5.05. The topological polar surface area (TPSA) is 60.4 Å². The molecule has 0 saturated carbocycles. The van der Waals surface area contributed by atoms with Crippen LogP contribution in [-0.4, -0.2) is 22.1 Å². The molecule has 6 heteroatoms. The van der Waals surface area contributed by atoms with E-state index in [1.807, 2.05) is 79.1 Å². The van der Waals surface area contributed by atoms with Crippen molar-refractivity contribution in [3.63, 3.8) is 0 Å². The minimum atomic E-state index is -0.445. The molecular weight excluding hydrogens is 532 g/mol. The summed E-state index contributed by atoms with van der Waals surface area (Å²) in [6.07, 6.45) is 7.23. The van der Waals surface area contributed by atoms with Crippen molar-refractivity contribution >= 4 is 17.1 Å². The Morgan fingerprint density at radius 1 is 0.605 bits per heavy atom. The minimum Gasteiger partial charge on any atom is -0.497 e. The van der Waals surface area contributed by atoms with Crippen LogP contribution >= 0.6 is 0 Å². The molecule has 0 aliphatic rings. The standard InChI is InChI=1S/C37H32N4O2/c1-37(2,29-20-27(25-38-26-29)35-24-33(42-3)17-19-39-35)28-21-32(23-34(22-28)43-36-16-10-11-18-40-36)41(30-12-6-4-7-13-30)31-14-8-5-9-15-31/h4-26H,1-3H3. The Labute approximate surface area is 252 Å². The third kappa shape index (κ3) is 6.09. The molecule has 0 atom stereocenters. The van der Waals surface area contributed by atoms with Crippen LogP contribution in [0.4, 0.5) is 17.1 Å². The van der Waals surface area contributed by atoms with E-state index in [0.717, 1.165) is 45.2 Å². The third-order valence-corrected chi connectivity index (χ3v) is 7.48. The maximum absolute atomic E-state index is 6.35. The second kappa shape index (κ2) is 12.2. The summed E-state index contributed by atoms with van der Waals surface area (Å²) < 4.78 is 11.8.